The third-order valence-electron chi connectivity index (χ3n) is 3.22. The summed E-state index contributed by atoms with van der Waals surface area (Å²) >= 11 is 0. The molecule has 0 aromatic heterocycles. The summed E-state index contributed by atoms with van der Waals surface area (Å²) in [7, 11) is -3.79. The maximum absolute atomic E-state index is 12.2. The van der Waals surface area contributed by atoms with E-state index < -0.39 is 22.0 Å². The quantitative estimate of drug-likeness (QED) is 0.769. The normalized spacial score (nSPS) is 20.0. The Morgan fingerprint density at radius 1 is 1.55 bits per heavy atom. The summed E-state index contributed by atoms with van der Waals surface area (Å²) in [6.07, 6.45) is 0.808. The predicted octanol–water partition coefficient (Wildman–Crippen LogP) is 0.857. The van der Waals surface area contributed by atoms with Crippen LogP contribution in [0.5, 0.6) is 0 Å². The Labute approximate surface area is 129 Å². The number of hydrogen-bond acceptors (Lipinski definition) is 5. The molecule has 2 atom stereocenters. The summed E-state index contributed by atoms with van der Waals surface area (Å²) in [5.41, 5.74) is -0.0742. The van der Waals surface area contributed by atoms with Gasteiger partial charge in [0.15, 0.2) is 0 Å². The van der Waals surface area contributed by atoms with Crippen LogP contribution in [0.15, 0.2) is 29.2 Å². The van der Waals surface area contributed by atoms with Gasteiger partial charge in [-0.05, 0) is 31.5 Å². The number of aromatic carboxylic acids is 1. The molecule has 1 aromatic rings. The Morgan fingerprint density at radius 2 is 2.32 bits per heavy atom. The first-order valence-corrected chi connectivity index (χ1v) is 8.42. The minimum atomic E-state index is -3.79. The van der Waals surface area contributed by atoms with Crippen molar-refractivity contribution in [1.82, 2.24) is 4.72 Å². The minimum absolute atomic E-state index is 0.00212. The van der Waals surface area contributed by atoms with Crippen LogP contribution in [0.4, 0.5) is 0 Å². The van der Waals surface area contributed by atoms with Gasteiger partial charge in [0, 0.05) is 12.6 Å². The van der Waals surface area contributed by atoms with Gasteiger partial charge in [-0.2, -0.15) is 0 Å². The molecule has 1 aliphatic heterocycles. The van der Waals surface area contributed by atoms with Crippen LogP contribution >= 0.6 is 0 Å². The summed E-state index contributed by atoms with van der Waals surface area (Å²) in [5, 5.41) is 8.92. The van der Waals surface area contributed by atoms with Crippen molar-refractivity contribution in [1.29, 1.82) is 0 Å². The Morgan fingerprint density at radius 3 is 2.95 bits per heavy atom. The summed E-state index contributed by atoms with van der Waals surface area (Å²) in [5.74, 6) is -1.17. The molecule has 1 aliphatic rings. The third-order valence-corrected chi connectivity index (χ3v) is 4.80. The van der Waals surface area contributed by atoms with Crippen LogP contribution in [-0.4, -0.2) is 51.5 Å². The monoisotopic (exact) mass is 329 g/mol. The zero-order valence-corrected chi connectivity index (χ0v) is 13.0. The second kappa shape index (κ2) is 7.19. The van der Waals surface area contributed by atoms with E-state index in [0.717, 1.165) is 12.5 Å². The molecule has 1 fully saturated rings. The molecule has 22 heavy (non-hydrogen) atoms. The van der Waals surface area contributed by atoms with Crippen molar-refractivity contribution in [3.8, 4) is 0 Å². The van der Waals surface area contributed by atoms with Gasteiger partial charge in [0.05, 0.1) is 29.8 Å². The second-order valence-corrected chi connectivity index (χ2v) is 6.89. The van der Waals surface area contributed by atoms with Gasteiger partial charge in [0.1, 0.15) is 0 Å². The summed E-state index contributed by atoms with van der Waals surface area (Å²) in [6.45, 7) is 3.10. The number of sulfonamides is 1. The fraction of sp³-hybridized carbons (Fsp3) is 0.500. The first-order chi connectivity index (χ1) is 10.4. The highest BCUT2D eigenvalue weighted by Gasteiger charge is 2.21. The molecule has 122 valence electrons. The molecule has 1 heterocycles. The highest BCUT2D eigenvalue weighted by molar-refractivity contribution is 7.89. The van der Waals surface area contributed by atoms with E-state index in [0.29, 0.717) is 13.2 Å². The van der Waals surface area contributed by atoms with Crippen LogP contribution in [0.2, 0.25) is 0 Å². The summed E-state index contributed by atoms with van der Waals surface area (Å²) < 4.78 is 37.7. The van der Waals surface area contributed by atoms with Gasteiger partial charge in [-0.25, -0.2) is 17.9 Å². The first-order valence-electron chi connectivity index (χ1n) is 6.93. The maximum atomic E-state index is 12.2. The van der Waals surface area contributed by atoms with Gasteiger partial charge >= 0.3 is 5.97 Å². The molecule has 1 saturated heterocycles. The Balaban J connectivity index is 1.97. The van der Waals surface area contributed by atoms with Gasteiger partial charge in [-0.3, -0.25) is 0 Å². The smallest absolute Gasteiger partial charge is 0.335 e. The SMILES string of the molecule is CC(COC1CCOC1)NS(=O)(=O)c1cccc(C(=O)O)c1. The van der Waals surface area contributed by atoms with E-state index in [1.807, 2.05) is 0 Å². The van der Waals surface area contributed by atoms with Crippen molar-refractivity contribution in [2.45, 2.75) is 30.4 Å². The number of carboxylic acid groups (broad SMARTS) is 1. The first kappa shape index (κ1) is 16.9. The molecule has 0 radical (unpaired) electrons. The van der Waals surface area contributed by atoms with Crippen LogP contribution in [0.1, 0.15) is 23.7 Å². The van der Waals surface area contributed by atoms with Crippen molar-refractivity contribution in [2.24, 2.45) is 0 Å². The van der Waals surface area contributed by atoms with E-state index in [9.17, 15) is 13.2 Å². The molecule has 0 aliphatic carbocycles. The lowest BCUT2D eigenvalue weighted by atomic mass is 10.2. The van der Waals surface area contributed by atoms with Crippen LogP contribution in [0.25, 0.3) is 0 Å². The van der Waals surface area contributed by atoms with E-state index in [-0.39, 0.29) is 23.2 Å². The lowest BCUT2D eigenvalue weighted by Gasteiger charge is -2.17. The van der Waals surface area contributed by atoms with E-state index in [2.05, 4.69) is 4.72 Å². The number of hydrogen-bond donors (Lipinski definition) is 2. The minimum Gasteiger partial charge on any atom is -0.478 e. The van der Waals surface area contributed by atoms with Crippen molar-refractivity contribution in [2.75, 3.05) is 19.8 Å². The lowest BCUT2D eigenvalue weighted by molar-refractivity contribution is 0.0353. The number of ether oxygens (including phenoxy) is 2. The Bertz CT molecular complexity index is 624. The molecule has 0 saturated carbocycles. The molecular weight excluding hydrogens is 310 g/mol. The maximum Gasteiger partial charge on any atom is 0.335 e. The summed E-state index contributed by atoms with van der Waals surface area (Å²) in [4.78, 5) is 10.8. The van der Waals surface area contributed by atoms with Crippen molar-refractivity contribution in [3.05, 3.63) is 29.8 Å². The van der Waals surface area contributed by atoms with Crippen molar-refractivity contribution < 1.29 is 27.8 Å². The van der Waals surface area contributed by atoms with E-state index >= 15 is 0 Å². The van der Waals surface area contributed by atoms with E-state index in [4.69, 9.17) is 14.6 Å². The average Bonchev–Trinajstić information content (AvgIpc) is 2.98. The van der Waals surface area contributed by atoms with Gasteiger partial charge in [0.2, 0.25) is 10.0 Å². The molecule has 8 heteroatoms. The molecule has 7 nitrogen and oxygen atoms in total. The van der Waals surface area contributed by atoms with Gasteiger partial charge in [0.25, 0.3) is 0 Å². The second-order valence-electron chi connectivity index (χ2n) is 5.17. The fourth-order valence-electron chi connectivity index (χ4n) is 2.09. The Kier molecular flexibility index (Phi) is 5.52. The highest BCUT2D eigenvalue weighted by Crippen LogP contribution is 2.13. The van der Waals surface area contributed by atoms with Crippen molar-refractivity contribution in [3.63, 3.8) is 0 Å². The van der Waals surface area contributed by atoms with Crippen LogP contribution in [0.3, 0.4) is 0 Å². The van der Waals surface area contributed by atoms with Crippen LogP contribution in [0, 0.1) is 0 Å². The standard InChI is InChI=1S/C14H19NO6S/c1-10(8-21-12-5-6-20-9-12)15-22(18,19)13-4-2-3-11(7-13)14(16)17/h2-4,7,10,12,15H,5-6,8-9H2,1H3,(H,16,17). The number of carboxylic acids is 1. The number of carbonyl (C=O) groups is 1. The fourth-order valence-corrected chi connectivity index (χ4v) is 3.36. The average molecular weight is 329 g/mol. The number of nitrogens with one attached hydrogen (secondary N) is 1. The molecule has 0 bridgehead atoms. The molecule has 0 amide bonds. The van der Waals surface area contributed by atoms with E-state index in [1.54, 1.807) is 6.92 Å². The number of rotatable bonds is 7. The number of benzene rings is 1. The third kappa shape index (κ3) is 4.51. The molecule has 2 unspecified atom stereocenters. The molecule has 2 rings (SSSR count). The molecular formula is C14H19NO6S. The van der Waals surface area contributed by atoms with Crippen LogP contribution < -0.4 is 4.72 Å². The zero-order valence-electron chi connectivity index (χ0n) is 12.2. The van der Waals surface area contributed by atoms with Gasteiger partial charge in [-0.1, -0.05) is 6.07 Å². The summed E-state index contributed by atoms with van der Waals surface area (Å²) in [6, 6.07) is 4.79. The van der Waals surface area contributed by atoms with Crippen LogP contribution in [-0.2, 0) is 19.5 Å². The predicted molar refractivity (Wildman–Crippen MR) is 78.4 cm³/mol. The lowest BCUT2D eigenvalue weighted by Crippen LogP contribution is -2.37. The van der Waals surface area contributed by atoms with Gasteiger partial charge < -0.3 is 14.6 Å². The topological polar surface area (TPSA) is 102 Å². The van der Waals surface area contributed by atoms with E-state index in [1.165, 1.54) is 18.2 Å². The highest BCUT2D eigenvalue weighted by atomic mass is 32.2. The zero-order chi connectivity index (χ0) is 16.2. The Hall–Kier alpha value is -1.48. The van der Waals surface area contributed by atoms with Gasteiger partial charge in [-0.15, -0.1) is 0 Å². The molecule has 0 spiro atoms. The molecule has 2 N–H and O–H groups in total. The largest absolute Gasteiger partial charge is 0.478 e. The molecule has 1 aromatic carbocycles. The van der Waals surface area contributed by atoms with Crippen molar-refractivity contribution >= 4 is 16.0 Å².